The summed E-state index contributed by atoms with van der Waals surface area (Å²) in [6, 6.07) is 11.7. The number of anilines is 1. The third-order valence-corrected chi connectivity index (χ3v) is 2.84. The first kappa shape index (κ1) is 13.8. The lowest BCUT2D eigenvalue weighted by atomic mass is 10.2. The van der Waals surface area contributed by atoms with E-state index < -0.39 is 0 Å². The van der Waals surface area contributed by atoms with Crippen LogP contribution in [0.15, 0.2) is 42.6 Å². The first-order valence-corrected chi connectivity index (χ1v) is 6.66. The lowest BCUT2D eigenvalue weighted by Crippen LogP contribution is -2.00. The quantitative estimate of drug-likeness (QED) is 0.869. The fourth-order valence-electron chi connectivity index (χ4n) is 1.76. The van der Waals surface area contributed by atoms with Crippen LogP contribution in [0.3, 0.4) is 0 Å². The highest BCUT2D eigenvalue weighted by Gasteiger charge is 1.98. The molecule has 0 bridgehead atoms. The molecule has 2 aromatic rings. The van der Waals surface area contributed by atoms with Gasteiger partial charge in [0.05, 0.1) is 13.2 Å². The van der Waals surface area contributed by atoms with Crippen LogP contribution < -0.4 is 5.32 Å². The average molecular weight is 277 g/mol. The Balaban J connectivity index is 1.87. The third-order valence-electron chi connectivity index (χ3n) is 2.61. The summed E-state index contributed by atoms with van der Waals surface area (Å²) in [5.74, 6) is 0.881. The van der Waals surface area contributed by atoms with E-state index in [0.717, 1.165) is 28.5 Å². The molecule has 0 aliphatic rings. The van der Waals surface area contributed by atoms with Crippen LogP contribution in [0, 0.1) is 0 Å². The second-order valence-electron chi connectivity index (χ2n) is 4.20. The Kier molecular flexibility index (Phi) is 5.19. The first-order valence-electron chi connectivity index (χ1n) is 6.29. The van der Waals surface area contributed by atoms with Gasteiger partial charge in [0.2, 0.25) is 0 Å². The van der Waals surface area contributed by atoms with E-state index in [4.69, 9.17) is 16.3 Å². The van der Waals surface area contributed by atoms with Crippen LogP contribution >= 0.6 is 11.6 Å². The molecule has 1 heterocycles. The van der Waals surface area contributed by atoms with Gasteiger partial charge in [-0.25, -0.2) is 4.98 Å². The van der Waals surface area contributed by atoms with Gasteiger partial charge in [0.25, 0.3) is 0 Å². The molecule has 1 N–H and O–H groups in total. The Morgan fingerprint density at radius 3 is 2.68 bits per heavy atom. The van der Waals surface area contributed by atoms with E-state index in [1.54, 1.807) is 6.20 Å². The van der Waals surface area contributed by atoms with Crippen LogP contribution in [-0.4, -0.2) is 11.5 Å². The van der Waals surface area contributed by atoms with Gasteiger partial charge in [-0.2, -0.15) is 0 Å². The van der Waals surface area contributed by atoms with E-state index in [9.17, 15) is 0 Å². The molecule has 0 aliphatic carbocycles. The first-order chi connectivity index (χ1) is 9.28. The molecule has 0 amide bonds. The van der Waals surface area contributed by atoms with Crippen LogP contribution in [0.1, 0.15) is 18.1 Å². The molecule has 100 valence electrons. The number of nitrogens with zero attached hydrogens (tertiary/aromatic N) is 1. The maximum absolute atomic E-state index is 5.92. The van der Waals surface area contributed by atoms with Crippen LogP contribution in [0.2, 0.25) is 5.02 Å². The van der Waals surface area contributed by atoms with E-state index in [1.807, 2.05) is 43.3 Å². The standard InChI is InChI=1S/C15H17ClN2O/c1-2-17-15-9-13(6-7-18-15)11-19-10-12-4-3-5-14(16)8-12/h3-9H,2,10-11H2,1H3,(H,17,18). The van der Waals surface area contributed by atoms with E-state index >= 15 is 0 Å². The Morgan fingerprint density at radius 2 is 1.95 bits per heavy atom. The van der Waals surface area contributed by atoms with Crippen molar-refractivity contribution in [2.24, 2.45) is 0 Å². The van der Waals surface area contributed by atoms with Crippen molar-refractivity contribution in [1.82, 2.24) is 4.98 Å². The van der Waals surface area contributed by atoms with Gasteiger partial charge in [0, 0.05) is 17.8 Å². The second-order valence-corrected chi connectivity index (χ2v) is 4.64. The molecule has 0 radical (unpaired) electrons. The Bertz CT molecular complexity index is 531. The minimum absolute atomic E-state index is 0.555. The summed E-state index contributed by atoms with van der Waals surface area (Å²) < 4.78 is 5.68. The molecular formula is C15H17ClN2O. The number of rotatable bonds is 6. The van der Waals surface area contributed by atoms with Gasteiger partial charge in [-0.05, 0) is 42.3 Å². The molecule has 0 spiro atoms. The molecule has 1 aromatic carbocycles. The smallest absolute Gasteiger partial charge is 0.126 e. The Labute approximate surface area is 118 Å². The van der Waals surface area contributed by atoms with Crippen molar-refractivity contribution < 1.29 is 4.74 Å². The van der Waals surface area contributed by atoms with Crippen LogP contribution in [0.4, 0.5) is 5.82 Å². The predicted octanol–water partition coefficient (Wildman–Crippen LogP) is 3.88. The lowest BCUT2D eigenvalue weighted by molar-refractivity contribution is 0.107. The van der Waals surface area contributed by atoms with Crippen molar-refractivity contribution in [2.45, 2.75) is 20.1 Å². The topological polar surface area (TPSA) is 34.1 Å². The van der Waals surface area contributed by atoms with Crippen molar-refractivity contribution in [1.29, 1.82) is 0 Å². The monoisotopic (exact) mass is 276 g/mol. The van der Waals surface area contributed by atoms with Gasteiger partial charge >= 0.3 is 0 Å². The summed E-state index contributed by atoms with van der Waals surface area (Å²) in [7, 11) is 0. The van der Waals surface area contributed by atoms with Gasteiger partial charge in [0.1, 0.15) is 5.82 Å². The maximum Gasteiger partial charge on any atom is 0.126 e. The van der Waals surface area contributed by atoms with Crippen LogP contribution in [0.5, 0.6) is 0 Å². The molecule has 0 atom stereocenters. The minimum atomic E-state index is 0.555. The van der Waals surface area contributed by atoms with E-state index in [1.165, 1.54) is 0 Å². The zero-order valence-electron chi connectivity index (χ0n) is 10.9. The molecule has 0 saturated heterocycles. The number of halogens is 1. The van der Waals surface area contributed by atoms with Crippen molar-refractivity contribution in [2.75, 3.05) is 11.9 Å². The number of ether oxygens (including phenoxy) is 1. The predicted molar refractivity (Wildman–Crippen MR) is 78.3 cm³/mol. The van der Waals surface area contributed by atoms with Crippen molar-refractivity contribution in [3.05, 3.63) is 58.7 Å². The van der Waals surface area contributed by atoms with E-state index in [-0.39, 0.29) is 0 Å². The fraction of sp³-hybridized carbons (Fsp3) is 0.267. The Morgan fingerprint density at radius 1 is 1.16 bits per heavy atom. The van der Waals surface area contributed by atoms with Crippen molar-refractivity contribution >= 4 is 17.4 Å². The average Bonchev–Trinajstić information content (AvgIpc) is 2.40. The number of hydrogen-bond donors (Lipinski definition) is 1. The molecule has 19 heavy (non-hydrogen) atoms. The summed E-state index contributed by atoms with van der Waals surface area (Å²) in [6.45, 7) is 4.02. The normalized spacial score (nSPS) is 10.4. The molecule has 4 heteroatoms. The van der Waals surface area contributed by atoms with Crippen LogP contribution in [-0.2, 0) is 18.0 Å². The minimum Gasteiger partial charge on any atom is -0.372 e. The number of nitrogens with one attached hydrogen (secondary N) is 1. The molecular weight excluding hydrogens is 260 g/mol. The Hall–Kier alpha value is -1.58. The molecule has 0 aliphatic heterocycles. The molecule has 2 rings (SSSR count). The van der Waals surface area contributed by atoms with Gasteiger partial charge < -0.3 is 10.1 Å². The number of benzene rings is 1. The van der Waals surface area contributed by atoms with Crippen molar-refractivity contribution in [3.8, 4) is 0 Å². The van der Waals surface area contributed by atoms with E-state index in [2.05, 4.69) is 10.3 Å². The molecule has 1 aromatic heterocycles. The third kappa shape index (κ3) is 4.54. The summed E-state index contributed by atoms with van der Waals surface area (Å²) in [5.41, 5.74) is 2.18. The fourth-order valence-corrected chi connectivity index (χ4v) is 1.97. The molecule has 3 nitrogen and oxygen atoms in total. The highest BCUT2D eigenvalue weighted by molar-refractivity contribution is 6.30. The zero-order chi connectivity index (χ0) is 13.5. The molecule has 0 fully saturated rings. The number of aromatic nitrogens is 1. The summed E-state index contributed by atoms with van der Waals surface area (Å²) >= 11 is 5.92. The SMILES string of the molecule is CCNc1cc(COCc2cccc(Cl)c2)ccn1. The highest BCUT2D eigenvalue weighted by Crippen LogP contribution is 2.13. The van der Waals surface area contributed by atoms with Crippen LogP contribution in [0.25, 0.3) is 0 Å². The zero-order valence-corrected chi connectivity index (χ0v) is 11.7. The van der Waals surface area contributed by atoms with Gasteiger partial charge in [-0.15, -0.1) is 0 Å². The highest BCUT2D eigenvalue weighted by atomic mass is 35.5. The number of pyridine rings is 1. The number of hydrogen-bond acceptors (Lipinski definition) is 3. The molecule has 0 saturated carbocycles. The molecule has 0 unspecified atom stereocenters. The largest absolute Gasteiger partial charge is 0.372 e. The van der Waals surface area contributed by atoms with Gasteiger partial charge in [0.15, 0.2) is 0 Å². The lowest BCUT2D eigenvalue weighted by Gasteiger charge is -2.07. The van der Waals surface area contributed by atoms with Gasteiger partial charge in [-0.1, -0.05) is 23.7 Å². The van der Waals surface area contributed by atoms with Gasteiger partial charge in [-0.3, -0.25) is 0 Å². The van der Waals surface area contributed by atoms with Crippen molar-refractivity contribution in [3.63, 3.8) is 0 Å². The van der Waals surface area contributed by atoms with E-state index in [0.29, 0.717) is 13.2 Å². The maximum atomic E-state index is 5.92. The summed E-state index contributed by atoms with van der Waals surface area (Å²) in [5, 5.41) is 3.91. The second kappa shape index (κ2) is 7.12. The summed E-state index contributed by atoms with van der Waals surface area (Å²) in [6.07, 6.45) is 1.79. The summed E-state index contributed by atoms with van der Waals surface area (Å²) in [4.78, 5) is 4.22.